The zero-order chi connectivity index (χ0) is 13.6. The van der Waals surface area contributed by atoms with Crippen molar-refractivity contribution < 1.29 is 0 Å². The smallest absolute Gasteiger partial charge is 0.0271 e. The summed E-state index contributed by atoms with van der Waals surface area (Å²) < 4.78 is 0. The van der Waals surface area contributed by atoms with E-state index in [0.717, 1.165) is 18.1 Å². The van der Waals surface area contributed by atoms with Crippen LogP contribution in [0.2, 0.25) is 0 Å². The van der Waals surface area contributed by atoms with Gasteiger partial charge in [-0.1, -0.05) is 13.8 Å². The highest BCUT2D eigenvalue weighted by molar-refractivity contribution is 5.04. The van der Waals surface area contributed by atoms with Gasteiger partial charge in [0.05, 0.1) is 0 Å². The first kappa shape index (κ1) is 13.8. The van der Waals surface area contributed by atoms with Crippen molar-refractivity contribution in [1.82, 2.24) is 15.1 Å². The second kappa shape index (κ2) is 5.01. The Morgan fingerprint density at radius 2 is 1.95 bits per heavy atom. The van der Waals surface area contributed by atoms with Crippen molar-refractivity contribution >= 4 is 0 Å². The van der Waals surface area contributed by atoms with Crippen molar-refractivity contribution in [3.8, 4) is 0 Å². The maximum atomic E-state index is 3.63. The Morgan fingerprint density at radius 1 is 1.16 bits per heavy atom. The average Bonchev–Trinajstić information content (AvgIpc) is 2.91. The second-order valence-electron chi connectivity index (χ2n) is 7.70. The Labute approximate surface area is 118 Å². The molecule has 19 heavy (non-hydrogen) atoms. The quantitative estimate of drug-likeness (QED) is 0.823. The van der Waals surface area contributed by atoms with Gasteiger partial charge >= 0.3 is 0 Å². The lowest BCUT2D eigenvalue weighted by Gasteiger charge is -2.47. The van der Waals surface area contributed by atoms with Crippen LogP contribution in [0.5, 0.6) is 0 Å². The molecule has 4 unspecified atom stereocenters. The summed E-state index contributed by atoms with van der Waals surface area (Å²) in [4.78, 5) is 5.57. The fraction of sp³-hybridized carbons (Fsp3) is 1.00. The molecule has 0 radical (unpaired) electrons. The summed E-state index contributed by atoms with van der Waals surface area (Å²) in [5.74, 6) is 0. The fourth-order valence-corrected chi connectivity index (χ4v) is 4.98. The molecule has 3 fully saturated rings. The summed E-state index contributed by atoms with van der Waals surface area (Å²) in [5.41, 5.74) is 0.450. The van der Waals surface area contributed by atoms with Gasteiger partial charge in [-0.05, 0) is 51.6 Å². The summed E-state index contributed by atoms with van der Waals surface area (Å²) in [6.07, 6.45) is 5.57. The largest absolute Gasteiger partial charge is 0.315 e. The van der Waals surface area contributed by atoms with E-state index in [1.54, 1.807) is 0 Å². The van der Waals surface area contributed by atoms with Gasteiger partial charge < -0.3 is 5.32 Å². The molecule has 2 aliphatic heterocycles. The van der Waals surface area contributed by atoms with Crippen LogP contribution in [0, 0.1) is 5.41 Å². The summed E-state index contributed by atoms with van der Waals surface area (Å²) in [6.45, 7) is 11.2. The monoisotopic (exact) mass is 265 g/mol. The van der Waals surface area contributed by atoms with Gasteiger partial charge in [-0.15, -0.1) is 0 Å². The van der Waals surface area contributed by atoms with Crippen LogP contribution in [0.3, 0.4) is 0 Å². The predicted molar refractivity (Wildman–Crippen MR) is 80.4 cm³/mol. The molecule has 0 bridgehead atoms. The van der Waals surface area contributed by atoms with Crippen molar-refractivity contribution in [2.45, 2.75) is 70.6 Å². The molecule has 0 aromatic carbocycles. The molecule has 0 spiro atoms. The Balaban J connectivity index is 1.74. The number of nitrogens with one attached hydrogen (secondary N) is 1. The highest BCUT2D eigenvalue weighted by Crippen LogP contribution is 2.41. The van der Waals surface area contributed by atoms with E-state index in [0.29, 0.717) is 11.5 Å². The number of rotatable bonds is 2. The first-order chi connectivity index (χ1) is 9.03. The van der Waals surface area contributed by atoms with Crippen LogP contribution in [0.25, 0.3) is 0 Å². The lowest BCUT2D eigenvalue weighted by Crippen LogP contribution is -2.61. The Morgan fingerprint density at radius 3 is 2.68 bits per heavy atom. The molecule has 1 saturated carbocycles. The zero-order valence-corrected chi connectivity index (χ0v) is 13.2. The van der Waals surface area contributed by atoms with E-state index < -0.39 is 0 Å². The van der Waals surface area contributed by atoms with Crippen LogP contribution in [-0.4, -0.2) is 60.6 Å². The topological polar surface area (TPSA) is 18.5 Å². The van der Waals surface area contributed by atoms with Gasteiger partial charge in [-0.2, -0.15) is 0 Å². The number of likely N-dealkylation sites (N-methyl/N-ethyl adjacent to an activating group) is 1. The molecule has 2 saturated heterocycles. The predicted octanol–water partition coefficient (Wildman–Crippen LogP) is 1.93. The number of nitrogens with zero attached hydrogens (tertiary/aromatic N) is 2. The van der Waals surface area contributed by atoms with Crippen molar-refractivity contribution in [2.75, 3.05) is 26.7 Å². The first-order valence-electron chi connectivity index (χ1n) is 8.20. The molecule has 3 nitrogen and oxygen atoms in total. The van der Waals surface area contributed by atoms with Crippen molar-refractivity contribution in [2.24, 2.45) is 5.41 Å². The molecule has 0 aromatic heterocycles. The van der Waals surface area contributed by atoms with Crippen molar-refractivity contribution in [3.05, 3.63) is 0 Å². The van der Waals surface area contributed by atoms with Crippen LogP contribution >= 0.6 is 0 Å². The molecule has 0 amide bonds. The van der Waals surface area contributed by atoms with Gasteiger partial charge in [0.1, 0.15) is 0 Å². The molecule has 4 atom stereocenters. The van der Waals surface area contributed by atoms with Gasteiger partial charge in [-0.3, -0.25) is 9.80 Å². The third-order valence-corrected chi connectivity index (χ3v) is 6.03. The molecule has 0 aromatic rings. The molecule has 1 N–H and O–H groups in total. The van der Waals surface area contributed by atoms with Crippen LogP contribution in [0.15, 0.2) is 0 Å². The lowest BCUT2D eigenvalue weighted by molar-refractivity contribution is 0.0166. The second-order valence-corrected chi connectivity index (χ2v) is 7.70. The zero-order valence-electron chi connectivity index (χ0n) is 13.2. The number of hydrogen-bond acceptors (Lipinski definition) is 3. The van der Waals surface area contributed by atoms with E-state index in [4.69, 9.17) is 0 Å². The third-order valence-electron chi connectivity index (χ3n) is 6.03. The maximum Gasteiger partial charge on any atom is 0.0271 e. The van der Waals surface area contributed by atoms with E-state index in [1.807, 2.05) is 0 Å². The van der Waals surface area contributed by atoms with E-state index in [9.17, 15) is 0 Å². The van der Waals surface area contributed by atoms with Crippen LogP contribution in [0.1, 0.15) is 46.5 Å². The van der Waals surface area contributed by atoms with E-state index in [1.165, 1.54) is 45.3 Å². The van der Waals surface area contributed by atoms with Crippen LogP contribution < -0.4 is 5.32 Å². The van der Waals surface area contributed by atoms with Gasteiger partial charge in [-0.25, -0.2) is 0 Å². The van der Waals surface area contributed by atoms with Gasteiger partial charge in [0.15, 0.2) is 0 Å². The molecular formula is C16H31N3. The lowest BCUT2D eigenvalue weighted by atomic mass is 9.86. The van der Waals surface area contributed by atoms with Crippen LogP contribution in [0.4, 0.5) is 0 Å². The standard InChI is InChI=1S/C16H31N3/c1-12-10-18-9-5-6-13(18)11-19(12)14-7-8-16(2,3)15(14)17-4/h12-15,17H,5-11H2,1-4H3. The molecule has 2 heterocycles. The average molecular weight is 265 g/mol. The van der Waals surface area contributed by atoms with Gasteiger partial charge in [0.2, 0.25) is 0 Å². The van der Waals surface area contributed by atoms with Gasteiger partial charge in [0, 0.05) is 37.3 Å². The fourth-order valence-electron chi connectivity index (χ4n) is 4.98. The Bertz CT molecular complexity index is 328. The Hall–Kier alpha value is -0.120. The van der Waals surface area contributed by atoms with Gasteiger partial charge in [0.25, 0.3) is 0 Å². The minimum absolute atomic E-state index is 0.450. The summed E-state index contributed by atoms with van der Waals surface area (Å²) in [6, 6.07) is 2.97. The highest BCUT2D eigenvalue weighted by atomic mass is 15.3. The first-order valence-corrected chi connectivity index (χ1v) is 8.20. The normalized spacial score (nSPS) is 43.6. The summed E-state index contributed by atoms with van der Waals surface area (Å²) >= 11 is 0. The number of fused-ring (bicyclic) bond motifs is 1. The molecule has 3 rings (SSSR count). The summed E-state index contributed by atoms with van der Waals surface area (Å²) in [7, 11) is 2.15. The number of piperazine rings is 1. The molecule has 3 heteroatoms. The van der Waals surface area contributed by atoms with E-state index >= 15 is 0 Å². The van der Waals surface area contributed by atoms with Crippen molar-refractivity contribution in [1.29, 1.82) is 0 Å². The van der Waals surface area contributed by atoms with E-state index in [-0.39, 0.29) is 0 Å². The third kappa shape index (κ3) is 2.34. The summed E-state index contributed by atoms with van der Waals surface area (Å²) in [5, 5.41) is 3.63. The number of hydrogen-bond donors (Lipinski definition) is 1. The van der Waals surface area contributed by atoms with E-state index in [2.05, 4.69) is 42.9 Å². The molecule has 110 valence electrons. The highest BCUT2D eigenvalue weighted by Gasteiger charge is 2.47. The molecule has 3 aliphatic rings. The minimum Gasteiger partial charge on any atom is -0.315 e. The van der Waals surface area contributed by atoms with Crippen LogP contribution in [-0.2, 0) is 0 Å². The van der Waals surface area contributed by atoms with Crippen molar-refractivity contribution in [3.63, 3.8) is 0 Å². The molecular weight excluding hydrogens is 234 g/mol. The SMILES string of the molecule is CNC1C(N2CC3CCCN3CC2C)CCC1(C)C. The minimum atomic E-state index is 0.450. The maximum absolute atomic E-state index is 3.63. The molecule has 1 aliphatic carbocycles. The Kier molecular flexibility index (Phi) is 3.65.